The van der Waals surface area contributed by atoms with Crippen molar-refractivity contribution in [2.45, 2.75) is 32.4 Å². The van der Waals surface area contributed by atoms with Crippen molar-refractivity contribution in [1.29, 1.82) is 0 Å². The molecule has 0 heterocycles. The van der Waals surface area contributed by atoms with E-state index in [1.165, 1.54) is 20.8 Å². The highest BCUT2D eigenvalue weighted by Gasteiger charge is 2.44. The lowest BCUT2D eigenvalue weighted by Gasteiger charge is -2.21. The van der Waals surface area contributed by atoms with E-state index >= 15 is 0 Å². The number of hydrogen-bond donors (Lipinski definition) is 1. The normalized spacial score (nSPS) is 11.9. The molecule has 0 fully saturated rings. The maximum absolute atomic E-state index is 12.5. The van der Waals surface area contributed by atoms with Crippen molar-refractivity contribution in [3.8, 4) is 0 Å². The Balaban J connectivity index is 4.35. The first kappa shape index (κ1) is 13.5. The first-order chi connectivity index (χ1) is 6.58. The monoisotopic (exact) mass is 229 g/mol. The summed E-state index contributed by atoms with van der Waals surface area (Å²) in [7, 11) is 0. The molecule has 88 valence electrons. The number of ether oxygens (including phenoxy) is 1. The summed E-state index contributed by atoms with van der Waals surface area (Å²) in [6.45, 7) is 4.29. The molecule has 0 rings (SSSR count). The van der Waals surface area contributed by atoms with Gasteiger partial charge in [0.25, 0.3) is 0 Å². The molecule has 0 aliphatic rings. The zero-order valence-corrected chi connectivity index (χ0v) is 8.27. The lowest BCUT2D eigenvalue weighted by molar-refractivity contribution is -0.215. The molecule has 0 aromatic rings. The molecule has 0 bridgehead atoms. The van der Waals surface area contributed by atoms with Crippen molar-refractivity contribution in [2.24, 2.45) is 0 Å². The number of carbonyl (C=O) groups is 2. The minimum absolute atomic E-state index is 0.854. The number of nitrogens with one attached hydrogen (secondary N) is 1. The SMILES string of the molecule is CC(C)(C)OC(=O)NC(F)(F)C(=O)OF. The molecule has 1 N–H and O–H groups in total. The summed E-state index contributed by atoms with van der Waals surface area (Å²) in [5, 5.41) is 0.854. The molecule has 0 saturated heterocycles. The Morgan fingerprint density at radius 1 is 1.20 bits per heavy atom. The third-order valence-corrected chi connectivity index (χ3v) is 0.984. The van der Waals surface area contributed by atoms with E-state index in [9.17, 15) is 22.9 Å². The first-order valence-electron chi connectivity index (χ1n) is 3.80. The van der Waals surface area contributed by atoms with Gasteiger partial charge in [0.2, 0.25) is 0 Å². The van der Waals surface area contributed by atoms with Gasteiger partial charge in [-0.25, -0.2) is 14.5 Å². The standard InChI is InChI=1S/C7H10F3NO4/c1-6(2,3)14-5(13)11-7(8,9)4(12)15-10/h1-3H3,(H,11,13). The van der Waals surface area contributed by atoms with Gasteiger partial charge in [0.05, 0.1) is 0 Å². The van der Waals surface area contributed by atoms with Gasteiger partial charge in [-0.2, -0.15) is 8.78 Å². The van der Waals surface area contributed by atoms with Crippen LogP contribution < -0.4 is 5.32 Å². The van der Waals surface area contributed by atoms with Crippen LogP contribution in [0.25, 0.3) is 0 Å². The Labute approximate surface area is 83.4 Å². The molecular formula is C7H10F3NO4. The van der Waals surface area contributed by atoms with Crippen molar-refractivity contribution in [3.05, 3.63) is 0 Å². The van der Waals surface area contributed by atoms with Crippen LogP contribution in [0.4, 0.5) is 18.1 Å². The van der Waals surface area contributed by atoms with Crippen LogP contribution in [-0.2, 0) is 14.5 Å². The van der Waals surface area contributed by atoms with Crippen molar-refractivity contribution in [2.75, 3.05) is 0 Å². The number of rotatable bonds is 2. The molecule has 0 saturated carbocycles. The molecule has 1 amide bonds. The van der Waals surface area contributed by atoms with Crippen molar-refractivity contribution < 1.29 is 32.6 Å². The van der Waals surface area contributed by atoms with Crippen LogP contribution in [0.1, 0.15) is 20.8 Å². The number of carbonyl (C=O) groups excluding carboxylic acids is 2. The van der Waals surface area contributed by atoms with Crippen molar-refractivity contribution in [3.63, 3.8) is 0 Å². The second-order valence-electron chi connectivity index (χ2n) is 3.57. The molecule has 0 unspecified atom stereocenters. The number of hydrogen-bond acceptors (Lipinski definition) is 4. The van der Waals surface area contributed by atoms with Gasteiger partial charge in [-0.1, -0.05) is 0 Å². The third-order valence-electron chi connectivity index (χ3n) is 0.984. The predicted octanol–water partition coefficient (Wildman–Crippen LogP) is 1.53. The molecule has 0 aliphatic carbocycles. The van der Waals surface area contributed by atoms with E-state index in [4.69, 9.17) is 0 Å². The van der Waals surface area contributed by atoms with Gasteiger partial charge < -0.3 is 4.74 Å². The van der Waals surface area contributed by atoms with E-state index in [0.29, 0.717) is 0 Å². The lowest BCUT2D eigenvalue weighted by Crippen LogP contribution is -2.49. The van der Waals surface area contributed by atoms with Gasteiger partial charge in [-0.15, -0.1) is 0 Å². The number of alkyl carbamates (subject to hydrolysis) is 1. The van der Waals surface area contributed by atoms with Crippen LogP contribution >= 0.6 is 0 Å². The smallest absolute Gasteiger partial charge is 0.440 e. The maximum atomic E-state index is 12.5. The summed E-state index contributed by atoms with van der Waals surface area (Å²) in [4.78, 5) is 23.2. The molecule has 0 radical (unpaired) electrons. The summed E-state index contributed by atoms with van der Waals surface area (Å²) >= 11 is 0. The van der Waals surface area contributed by atoms with Gasteiger partial charge in [0, 0.05) is 4.53 Å². The number of halogens is 3. The molecule has 0 atom stereocenters. The summed E-state index contributed by atoms with van der Waals surface area (Å²) in [6, 6.07) is -4.46. The third kappa shape index (κ3) is 5.08. The Morgan fingerprint density at radius 3 is 2.00 bits per heavy atom. The van der Waals surface area contributed by atoms with Crippen molar-refractivity contribution >= 4 is 12.1 Å². The Morgan fingerprint density at radius 2 is 1.67 bits per heavy atom. The minimum Gasteiger partial charge on any atom is -0.444 e. The number of alkyl halides is 2. The number of amides is 1. The quantitative estimate of drug-likeness (QED) is 0.729. The van der Waals surface area contributed by atoms with Gasteiger partial charge in [-0.05, 0) is 20.8 Å². The lowest BCUT2D eigenvalue weighted by atomic mass is 10.2. The van der Waals surface area contributed by atoms with Gasteiger partial charge >= 0.3 is 18.1 Å². The van der Waals surface area contributed by atoms with Gasteiger partial charge in [-0.3, -0.25) is 5.32 Å². The summed E-state index contributed by atoms with van der Waals surface area (Å²) in [5.41, 5.74) is -1.01. The molecule has 0 aliphatic heterocycles. The molecule has 5 nitrogen and oxygen atoms in total. The molecule has 0 aromatic carbocycles. The van der Waals surface area contributed by atoms with E-state index in [2.05, 4.69) is 9.68 Å². The fraction of sp³-hybridized carbons (Fsp3) is 0.714. The first-order valence-corrected chi connectivity index (χ1v) is 3.80. The summed E-state index contributed by atoms with van der Waals surface area (Å²) in [6.07, 6.45) is -1.56. The average molecular weight is 229 g/mol. The summed E-state index contributed by atoms with van der Waals surface area (Å²) in [5.74, 6) is -2.52. The zero-order valence-electron chi connectivity index (χ0n) is 8.27. The van der Waals surface area contributed by atoms with E-state index in [0.717, 1.165) is 5.32 Å². The maximum Gasteiger partial charge on any atom is 0.440 e. The van der Waals surface area contributed by atoms with Gasteiger partial charge in [0.1, 0.15) is 5.60 Å². The Bertz CT molecular complexity index is 261. The highest BCUT2D eigenvalue weighted by molar-refractivity contribution is 5.82. The van der Waals surface area contributed by atoms with Crippen LogP contribution in [0.15, 0.2) is 0 Å². The van der Waals surface area contributed by atoms with Crippen LogP contribution in [-0.4, -0.2) is 23.7 Å². The fourth-order valence-corrected chi connectivity index (χ4v) is 0.531. The Hall–Kier alpha value is -1.47. The highest BCUT2D eigenvalue weighted by atomic mass is 19.3. The van der Waals surface area contributed by atoms with Gasteiger partial charge in [0.15, 0.2) is 0 Å². The molecule has 15 heavy (non-hydrogen) atoms. The zero-order chi connectivity index (χ0) is 12.3. The molecule has 0 aromatic heterocycles. The Kier molecular flexibility index (Phi) is 3.94. The van der Waals surface area contributed by atoms with Crippen LogP contribution in [0.5, 0.6) is 0 Å². The molecular weight excluding hydrogens is 219 g/mol. The second-order valence-corrected chi connectivity index (χ2v) is 3.57. The summed E-state index contributed by atoms with van der Waals surface area (Å²) < 4.78 is 40.6. The minimum atomic E-state index is -4.46. The molecule has 0 spiro atoms. The topological polar surface area (TPSA) is 64.6 Å². The van der Waals surface area contributed by atoms with E-state index in [1.807, 2.05) is 0 Å². The highest BCUT2D eigenvalue weighted by Crippen LogP contribution is 2.14. The van der Waals surface area contributed by atoms with Crippen molar-refractivity contribution in [1.82, 2.24) is 5.32 Å². The average Bonchev–Trinajstić information content (AvgIpc) is 1.97. The largest absolute Gasteiger partial charge is 0.444 e. The van der Waals surface area contributed by atoms with E-state index in [-0.39, 0.29) is 0 Å². The van der Waals surface area contributed by atoms with E-state index < -0.39 is 23.7 Å². The van der Waals surface area contributed by atoms with Crippen LogP contribution in [0, 0.1) is 0 Å². The molecule has 8 heteroatoms. The van der Waals surface area contributed by atoms with Crippen LogP contribution in [0.2, 0.25) is 0 Å². The fourth-order valence-electron chi connectivity index (χ4n) is 0.531. The predicted molar refractivity (Wildman–Crippen MR) is 41.5 cm³/mol. The second kappa shape index (κ2) is 4.37. The van der Waals surface area contributed by atoms with E-state index in [1.54, 1.807) is 0 Å². The van der Waals surface area contributed by atoms with Crippen LogP contribution in [0.3, 0.4) is 0 Å².